The van der Waals surface area contributed by atoms with Gasteiger partial charge in [0.05, 0.1) is 18.3 Å². The highest BCUT2D eigenvalue weighted by Gasteiger charge is 2.21. The Morgan fingerprint density at radius 1 is 1.36 bits per heavy atom. The maximum Gasteiger partial charge on any atom is 0.348 e. The summed E-state index contributed by atoms with van der Waals surface area (Å²) in [6.07, 6.45) is 1.34. The van der Waals surface area contributed by atoms with Crippen molar-refractivity contribution < 1.29 is 14.3 Å². The van der Waals surface area contributed by atoms with Crippen LogP contribution in [0.25, 0.3) is 10.2 Å². The van der Waals surface area contributed by atoms with Gasteiger partial charge in [0.2, 0.25) is 5.91 Å². The number of fused-ring (bicyclic) bond motifs is 1. The molecule has 1 unspecified atom stereocenters. The molecule has 0 radical (unpaired) electrons. The van der Waals surface area contributed by atoms with Crippen molar-refractivity contribution in [1.29, 1.82) is 0 Å². The van der Waals surface area contributed by atoms with Crippen LogP contribution >= 0.6 is 11.3 Å². The summed E-state index contributed by atoms with van der Waals surface area (Å²) < 4.78 is 6.27. The molecule has 2 aromatic heterocycles. The fourth-order valence-corrected chi connectivity index (χ4v) is 3.32. The molecule has 1 N–H and O–H groups in total. The van der Waals surface area contributed by atoms with E-state index in [-0.39, 0.29) is 30.7 Å². The fraction of sp³-hybridized carbons (Fsp3) is 0.529. The number of hydrogen-bond acceptors (Lipinski definition) is 6. The molecule has 1 atom stereocenters. The van der Waals surface area contributed by atoms with Gasteiger partial charge in [-0.25, -0.2) is 9.78 Å². The Kier molecular flexibility index (Phi) is 5.94. The predicted octanol–water partition coefficient (Wildman–Crippen LogP) is 2.10. The SMILES string of the molecule is CCOC(=O)c1sc2ncn(CC(=O)NC(C)C(C)C)c(=O)c2c1C. The highest BCUT2D eigenvalue weighted by atomic mass is 32.1. The molecule has 0 saturated heterocycles. The number of nitrogens with one attached hydrogen (secondary N) is 1. The minimum atomic E-state index is -0.461. The van der Waals surface area contributed by atoms with Gasteiger partial charge >= 0.3 is 5.97 Å². The standard InChI is InChI=1S/C17H23N3O4S/c1-6-24-17(23)14-10(4)13-15(25-14)18-8-20(16(13)22)7-12(21)19-11(5)9(2)3/h8-9,11H,6-7H2,1-5H3,(H,19,21). The molecule has 136 valence electrons. The Morgan fingerprint density at radius 2 is 2.04 bits per heavy atom. The molecule has 0 bridgehead atoms. The van der Waals surface area contributed by atoms with Gasteiger partial charge in [-0.15, -0.1) is 11.3 Å². The summed E-state index contributed by atoms with van der Waals surface area (Å²) in [5, 5.41) is 3.22. The molecule has 0 fully saturated rings. The molecule has 0 aliphatic carbocycles. The molecular weight excluding hydrogens is 342 g/mol. The molecule has 0 saturated carbocycles. The van der Waals surface area contributed by atoms with Crippen molar-refractivity contribution in [3.8, 4) is 0 Å². The smallest absolute Gasteiger partial charge is 0.348 e. The Balaban J connectivity index is 2.33. The van der Waals surface area contributed by atoms with E-state index in [0.29, 0.717) is 26.6 Å². The number of aromatic nitrogens is 2. The topological polar surface area (TPSA) is 90.3 Å². The Labute approximate surface area is 150 Å². The molecule has 2 rings (SSSR count). The van der Waals surface area contributed by atoms with E-state index >= 15 is 0 Å². The van der Waals surface area contributed by atoms with Crippen molar-refractivity contribution in [1.82, 2.24) is 14.9 Å². The van der Waals surface area contributed by atoms with Crippen molar-refractivity contribution in [2.24, 2.45) is 5.92 Å². The maximum atomic E-state index is 12.7. The number of hydrogen-bond donors (Lipinski definition) is 1. The molecule has 25 heavy (non-hydrogen) atoms. The lowest BCUT2D eigenvalue weighted by atomic mass is 10.1. The highest BCUT2D eigenvalue weighted by molar-refractivity contribution is 7.20. The van der Waals surface area contributed by atoms with Crippen LogP contribution in [0.1, 0.15) is 42.9 Å². The normalized spacial score (nSPS) is 12.4. The second kappa shape index (κ2) is 7.77. The van der Waals surface area contributed by atoms with Crippen molar-refractivity contribution >= 4 is 33.4 Å². The molecule has 2 heterocycles. The molecule has 2 aromatic rings. The van der Waals surface area contributed by atoms with E-state index in [0.717, 1.165) is 11.3 Å². The Hall–Kier alpha value is -2.22. The zero-order valence-electron chi connectivity index (χ0n) is 15.1. The lowest BCUT2D eigenvalue weighted by Gasteiger charge is -2.17. The summed E-state index contributed by atoms with van der Waals surface area (Å²) in [7, 11) is 0. The molecule has 0 aliphatic rings. The second-order valence-corrected chi connectivity index (χ2v) is 7.23. The average Bonchev–Trinajstić information content (AvgIpc) is 2.88. The van der Waals surface area contributed by atoms with E-state index in [9.17, 15) is 14.4 Å². The highest BCUT2D eigenvalue weighted by Crippen LogP contribution is 2.27. The number of ether oxygens (including phenoxy) is 1. The lowest BCUT2D eigenvalue weighted by Crippen LogP contribution is -2.39. The van der Waals surface area contributed by atoms with Gasteiger partial charge in [0.1, 0.15) is 16.3 Å². The van der Waals surface area contributed by atoms with Gasteiger partial charge in [-0.1, -0.05) is 13.8 Å². The van der Waals surface area contributed by atoms with E-state index < -0.39 is 5.97 Å². The van der Waals surface area contributed by atoms with Gasteiger partial charge in [-0.2, -0.15) is 0 Å². The van der Waals surface area contributed by atoms with Gasteiger partial charge in [-0.05, 0) is 32.3 Å². The molecule has 0 aliphatic heterocycles. The summed E-state index contributed by atoms with van der Waals surface area (Å²) in [6, 6.07) is 0.0122. The number of nitrogens with zero attached hydrogens (tertiary/aromatic N) is 2. The van der Waals surface area contributed by atoms with Crippen LogP contribution in [0.5, 0.6) is 0 Å². The quantitative estimate of drug-likeness (QED) is 0.792. The van der Waals surface area contributed by atoms with Crippen LogP contribution in [0.3, 0.4) is 0 Å². The third kappa shape index (κ3) is 4.07. The molecule has 0 aromatic carbocycles. The van der Waals surface area contributed by atoms with Crippen LogP contribution in [0.2, 0.25) is 0 Å². The van der Waals surface area contributed by atoms with Crippen LogP contribution in [0, 0.1) is 12.8 Å². The van der Waals surface area contributed by atoms with Crippen molar-refractivity contribution in [2.45, 2.75) is 47.2 Å². The molecule has 0 spiro atoms. The predicted molar refractivity (Wildman–Crippen MR) is 97.0 cm³/mol. The second-order valence-electron chi connectivity index (χ2n) is 6.23. The summed E-state index contributed by atoms with van der Waals surface area (Å²) >= 11 is 1.13. The van der Waals surface area contributed by atoms with Crippen molar-refractivity contribution in [3.05, 3.63) is 27.1 Å². The monoisotopic (exact) mass is 365 g/mol. The summed E-state index contributed by atoms with van der Waals surface area (Å²) in [6.45, 7) is 9.51. The molecular formula is C17H23N3O4S. The first-order valence-corrected chi connectivity index (χ1v) is 9.02. The number of esters is 1. The lowest BCUT2D eigenvalue weighted by molar-refractivity contribution is -0.122. The van der Waals surface area contributed by atoms with E-state index in [2.05, 4.69) is 10.3 Å². The van der Waals surface area contributed by atoms with Crippen LogP contribution in [-0.4, -0.2) is 34.1 Å². The summed E-state index contributed by atoms with van der Waals surface area (Å²) in [5.74, 6) is -0.409. The van der Waals surface area contributed by atoms with Crippen LogP contribution < -0.4 is 10.9 Å². The van der Waals surface area contributed by atoms with E-state index in [1.165, 1.54) is 10.9 Å². The van der Waals surface area contributed by atoms with Gasteiger partial charge in [0.15, 0.2) is 0 Å². The van der Waals surface area contributed by atoms with E-state index in [1.54, 1.807) is 13.8 Å². The summed E-state index contributed by atoms with van der Waals surface area (Å²) in [4.78, 5) is 41.9. The third-order valence-electron chi connectivity index (χ3n) is 4.08. The number of aryl methyl sites for hydroxylation is 1. The van der Waals surface area contributed by atoms with E-state index in [1.807, 2.05) is 20.8 Å². The number of rotatable bonds is 6. The fourth-order valence-electron chi connectivity index (χ4n) is 2.28. The largest absolute Gasteiger partial charge is 0.462 e. The number of amides is 1. The molecule has 8 heteroatoms. The van der Waals surface area contributed by atoms with Gasteiger partial charge < -0.3 is 10.1 Å². The van der Waals surface area contributed by atoms with Gasteiger partial charge in [0, 0.05) is 6.04 Å². The van der Waals surface area contributed by atoms with Crippen LogP contribution in [-0.2, 0) is 16.1 Å². The first-order valence-electron chi connectivity index (χ1n) is 8.21. The number of carbonyl (C=O) groups excluding carboxylic acids is 2. The van der Waals surface area contributed by atoms with Crippen LogP contribution in [0.4, 0.5) is 0 Å². The average molecular weight is 365 g/mol. The van der Waals surface area contributed by atoms with E-state index in [4.69, 9.17) is 4.74 Å². The summed E-state index contributed by atoms with van der Waals surface area (Å²) in [5.41, 5.74) is 0.211. The van der Waals surface area contributed by atoms with Crippen molar-refractivity contribution in [3.63, 3.8) is 0 Å². The first kappa shape index (κ1) is 19.1. The van der Waals surface area contributed by atoms with Crippen LogP contribution in [0.15, 0.2) is 11.1 Å². The minimum Gasteiger partial charge on any atom is -0.462 e. The number of thiophene rings is 1. The Bertz CT molecular complexity index is 853. The van der Waals surface area contributed by atoms with Gasteiger partial charge in [-0.3, -0.25) is 14.2 Å². The third-order valence-corrected chi connectivity index (χ3v) is 5.26. The molecule has 1 amide bonds. The zero-order chi connectivity index (χ0) is 18.7. The maximum absolute atomic E-state index is 12.7. The molecule has 7 nitrogen and oxygen atoms in total. The van der Waals surface area contributed by atoms with Gasteiger partial charge in [0.25, 0.3) is 5.56 Å². The zero-order valence-corrected chi connectivity index (χ0v) is 15.9. The first-order chi connectivity index (χ1) is 11.8. The Morgan fingerprint density at radius 3 is 2.64 bits per heavy atom. The number of carbonyl (C=O) groups is 2. The minimum absolute atomic E-state index is 0.0122. The van der Waals surface area contributed by atoms with Crippen molar-refractivity contribution in [2.75, 3.05) is 6.61 Å².